The molecule has 0 fully saturated rings. The van der Waals surface area contributed by atoms with Gasteiger partial charge in [-0.1, -0.05) is 45.9 Å². The van der Waals surface area contributed by atoms with E-state index in [-0.39, 0.29) is 10.8 Å². The Labute approximate surface area is 140 Å². The van der Waals surface area contributed by atoms with Gasteiger partial charge in [0.15, 0.2) is 0 Å². The van der Waals surface area contributed by atoms with Gasteiger partial charge >= 0.3 is 0 Å². The Morgan fingerprint density at radius 2 is 1.87 bits per heavy atom. The van der Waals surface area contributed by atoms with Crippen LogP contribution in [0.4, 0.5) is 5.69 Å². The molecule has 3 atom stereocenters. The highest BCUT2D eigenvalue weighted by molar-refractivity contribution is 5.84. The molecule has 0 aromatic heterocycles. The summed E-state index contributed by atoms with van der Waals surface area (Å²) in [6.45, 7) is 11.9. The van der Waals surface area contributed by atoms with E-state index in [4.69, 9.17) is 0 Å². The fourth-order valence-electron chi connectivity index (χ4n) is 5.37. The molecule has 3 heterocycles. The fraction of sp³-hybridized carbons (Fsp3) is 0.524. The maximum Gasteiger partial charge on any atom is 0.112 e. The van der Waals surface area contributed by atoms with Crippen LogP contribution in [0.2, 0.25) is 0 Å². The maximum atomic E-state index is 2.63. The van der Waals surface area contributed by atoms with E-state index in [9.17, 15) is 0 Å². The molecule has 0 bridgehead atoms. The molecule has 1 aromatic carbocycles. The van der Waals surface area contributed by atoms with Gasteiger partial charge in [0, 0.05) is 24.1 Å². The van der Waals surface area contributed by atoms with Gasteiger partial charge in [0.2, 0.25) is 0 Å². The van der Waals surface area contributed by atoms with Crippen molar-refractivity contribution < 1.29 is 0 Å². The Morgan fingerprint density at radius 1 is 1.13 bits per heavy atom. The molecule has 122 valence electrons. The first-order valence-corrected chi connectivity index (χ1v) is 8.94. The van der Waals surface area contributed by atoms with Gasteiger partial charge in [-0.25, -0.2) is 0 Å². The monoisotopic (exact) mass is 308 g/mol. The van der Waals surface area contributed by atoms with Gasteiger partial charge in [-0.2, -0.15) is 0 Å². The standard InChI is InChI=1S/C21H28N2/c1-7-20(4)16-11-9-10-15-12-14(3)17-13-22(6)19(21(20,5)8-2)23(17)18(15)16/h9-13,19H,7-8H2,1-6H3. The molecule has 2 heteroatoms. The fourth-order valence-corrected chi connectivity index (χ4v) is 5.37. The number of hydrogen-bond acceptors (Lipinski definition) is 2. The maximum absolute atomic E-state index is 2.63. The zero-order chi connectivity index (χ0) is 16.6. The predicted molar refractivity (Wildman–Crippen MR) is 98.2 cm³/mol. The molecule has 3 unspecified atom stereocenters. The summed E-state index contributed by atoms with van der Waals surface area (Å²) in [5.74, 6) is 0. The van der Waals surface area contributed by atoms with E-state index in [0.717, 1.165) is 0 Å². The number of para-hydroxylation sites is 1. The highest BCUT2D eigenvalue weighted by Crippen LogP contribution is 2.61. The highest BCUT2D eigenvalue weighted by atomic mass is 15.4. The number of rotatable bonds is 2. The molecule has 0 spiro atoms. The minimum absolute atomic E-state index is 0.185. The summed E-state index contributed by atoms with van der Waals surface area (Å²) in [5.41, 5.74) is 7.52. The van der Waals surface area contributed by atoms with E-state index in [2.05, 4.69) is 81.9 Å². The van der Waals surface area contributed by atoms with Crippen molar-refractivity contribution in [1.29, 1.82) is 0 Å². The van der Waals surface area contributed by atoms with Crippen molar-refractivity contribution in [3.63, 3.8) is 0 Å². The summed E-state index contributed by atoms with van der Waals surface area (Å²) >= 11 is 0. The molecular formula is C21H28N2. The van der Waals surface area contributed by atoms with Crippen LogP contribution >= 0.6 is 0 Å². The van der Waals surface area contributed by atoms with E-state index >= 15 is 0 Å². The second-order valence-corrected chi connectivity index (χ2v) is 7.95. The van der Waals surface area contributed by atoms with Crippen molar-refractivity contribution in [2.45, 2.75) is 59.0 Å². The van der Waals surface area contributed by atoms with Crippen molar-refractivity contribution in [2.75, 3.05) is 11.9 Å². The lowest BCUT2D eigenvalue weighted by atomic mass is 9.54. The average Bonchev–Trinajstić information content (AvgIpc) is 2.90. The minimum Gasteiger partial charge on any atom is -0.358 e. The third-order valence-corrected chi connectivity index (χ3v) is 7.17. The molecule has 0 radical (unpaired) electrons. The molecule has 0 saturated carbocycles. The number of hydrogen-bond donors (Lipinski definition) is 0. The lowest BCUT2D eigenvalue weighted by Crippen LogP contribution is -2.62. The van der Waals surface area contributed by atoms with Crippen LogP contribution in [0.25, 0.3) is 6.08 Å². The average molecular weight is 308 g/mol. The van der Waals surface area contributed by atoms with Crippen LogP contribution in [-0.4, -0.2) is 18.1 Å². The van der Waals surface area contributed by atoms with Gasteiger partial charge in [-0.05, 0) is 42.5 Å². The van der Waals surface area contributed by atoms with Crippen LogP contribution in [0.5, 0.6) is 0 Å². The smallest absolute Gasteiger partial charge is 0.112 e. The van der Waals surface area contributed by atoms with Crippen molar-refractivity contribution in [1.82, 2.24) is 4.90 Å². The van der Waals surface area contributed by atoms with Crippen LogP contribution in [0.3, 0.4) is 0 Å². The first-order valence-electron chi connectivity index (χ1n) is 8.94. The molecule has 0 amide bonds. The summed E-state index contributed by atoms with van der Waals surface area (Å²) < 4.78 is 0. The zero-order valence-corrected chi connectivity index (χ0v) is 15.3. The van der Waals surface area contributed by atoms with Gasteiger partial charge in [-0.3, -0.25) is 0 Å². The summed E-state index contributed by atoms with van der Waals surface area (Å²) in [6, 6.07) is 6.90. The van der Waals surface area contributed by atoms with Crippen molar-refractivity contribution in [2.24, 2.45) is 5.41 Å². The largest absolute Gasteiger partial charge is 0.358 e. The molecular weight excluding hydrogens is 280 g/mol. The number of benzene rings is 1. The van der Waals surface area contributed by atoms with Crippen molar-refractivity contribution in [3.8, 4) is 0 Å². The van der Waals surface area contributed by atoms with Crippen molar-refractivity contribution >= 4 is 11.8 Å². The van der Waals surface area contributed by atoms with Crippen molar-refractivity contribution in [3.05, 3.63) is 46.8 Å². The lowest BCUT2D eigenvalue weighted by molar-refractivity contribution is 0.0390. The second kappa shape index (κ2) is 4.43. The molecule has 2 nitrogen and oxygen atoms in total. The van der Waals surface area contributed by atoms with E-state index in [1.54, 1.807) is 0 Å². The van der Waals surface area contributed by atoms with Gasteiger partial charge in [-0.15, -0.1) is 0 Å². The summed E-state index contributed by atoms with van der Waals surface area (Å²) in [7, 11) is 2.25. The van der Waals surface area contributed by atoms with E-state index < -0.39 is 0 Å². The molecule has 3 aliphatic heterocycles. The van der Waals surface area contributed by atoms with Gasteiger partial charge in [0.25, 0.3) is 0 Å². The lowest BCUT2D eigenvalue weighted by Gasteiger charge is -2.60. The normalized spacial score (nSPS) is 34.3. The predicted octanol–water partition coefficient (Wildman–Crippen LogP) is 5.12. The number of anilines is 1. The van der Waals surface area contributed by atoms with Crippen LogP contribution in [0, 0.1) is 5.41 Å². The van der Waals surface area contributed by atoms with Crippen LogP contribution < -0.4 is 4.90 Å². The van der Waals surface area contributed by atoms with E-state index in [0.29, 0.717) is 6.17 Å². The van der Waals surface area contributed by atoms with Gasteiger partial charge in [0.05, 0.1) is 11.4 Å². The molecule has 0 saturated heterocycles. The number of nitrogens with zero attached hydrogens (tertiary/aromatic N) is 2. The minimum atomic E-state index is 0.185. The first-order chi connectivity index (χ1) is 10.9. The SMILES string of the molecule is CCC1(C)c2cccc3c2N2C(=CN(C)C2C1(C)CC)C(C)=C3. The third kappa shape index (κ3) is 1.50. The molecule has 23 heavy (non-hydrogen) atoms. The van der Waals surface area contributed by atoms with Crippen LogP contribution in [-0.2, 0) is 5.41 Å². The molecule has 0 aliphatic carbocycles. The second-order valence-electron chi connectivity index (χ2n) is 7.95. The zero-order valence-electron chi connectivity index (χ0n) is 15.3. The molecule has 3 aliphatic rings. The quantitative estimate of drug-likeness (QED) is 0.748. The van der Waals surface area contributed by atoms with Gasteiger partial charge < -0.3 is 9.80 Å². The Balaban J connectivity index is 2.11. The molecule has 4 rings (SSSR count). The Morgan fingerprint density at radius 3 is 2.52 bits per heavy atom. The van der Waals surface area contributed by atoms with E-state index in [1.807, 2.05) is 0 Å². The Kier molecular flexibility index (Phi) is 2.87. The topological polar surface area (TPSA) is 6.48 Å². The Hall–Kier alpha value is -1.70. The Bertz CT molecular complexity index is 744. The highest BCUT2D eigenvalue weighted by Gasteiger charge is 2.59. The molecule has 0 N–H and O–H groups in total. The summed E-state index contributed by atoms with van der Waals surface area (Å²) in [5, 5.41) is 0. The summed E-state index contributed by atoms with van der Waals surface area (Å²) in [4.78, 5) is 5.08. The first kappa shape index (κ1) is 14.9. The van der Waals surface area contributed by atoms with Gasteiger partial charge in [0.1, 0.15) is 6.17 Å². The number of allylic oxidation sites excluding steroid dienone is 1. The third-order valence-electron chi connectivity index (χ3n) is 7.17. The summed E-state index contributed by atoms with van der Waals surface area (Å²) in [6.07, 6.45) is 7.47. The van der Waals surface area contributed by atoms with Crippen LogP contribution in [0.15, 0.2) is 35.7 Å². The van der Waals surface area contributed by atoms with E-state index in [1.165, 1.54) is 40.9 Å². The molecule has 1 aromatic rings. The van der Waals surface area contributed by atoms with Crippen LogP contribution in [0.1, 0.15) is 58.6 Å².